The smallest absolute Gasteiger partial charge is 0.409 e. The van der Waals surface area contributed by atoms with Gasteiger partial charge in [0.2, 0.25) is 6.08 Å². The lowest BCUT2D eigenvalue weighted by Crippen LogP contribution is -2.06. The largest absolute Gasteiger partial charge is 0.465 e. The predicted molar refractivity (Wildman–Crippen MR) is 75.1 cm³/mol. The fourth-order valence-corrected chi connectivity index (χ4v) is 1.87. The lowest BCUT2D eigenvalue weighted by molar-refractivity contribution is 0.210. The molecule has 5 heteroatoms. The van der Waals surface area contributed by atoms with Gasteiger partial charge in [0.05, 0.1) is 5.69 Å². The second-order valence-corrected chi connectivity index (χ2v) is 4.14. The van der Waals surface area contributed by atoms with E-state index in [9.17, 15) is 9.59 Å². The molecule has 0 radical (unpaired) electrons. The van der Waals surface area contributed by atoms with Crippen molar-refractivity contribution in [1.29, 1.82) is 0 Å². The summed E-state index contributed by atoms with van der Waals surface area (Å²) in [6, 6.07) is 14.3. The summed E-state index contributed by atoms with van der Waals surface area (Å²) < 4.78 is 0. The van der Waals surface area contributed by atoms with Gasteiger partial charge >= 0.3 is 6.09 Å². The zero-order valence-electron chi connectivity index (χ0n) is 10.5. The predicted octanol–water partition coefficient (Wildman–Crippen LogP) is 3.33. The third kappa shape index (κ3) is 3.54. The van der Waals surface area contributed by atoms with Crippen molar-refractivity contribution in [2.24, 2.45) is 4.99 Å². The molecule has 0 heterocycles. The van der Waals surface area contributed by atoms with Crippen LogP contribution < -0.4 is 5.32 Å². The van der Waals surface area contributed by atoms with E-state index in [2.05, 4.69) is 10.3 Å². The van der Waals surface area contributed by atoms with Gasteiger partial charge in [0.25, 0.3) is 0 Å². The SMILES string of the molecule is O=C=Nc1ccccc1Cc1ccc(NC(=O)O)cc1. The maximum Gasteiger partial charge on any atom is 0.409 e. The van der Waals surface area contributed by atoms with Crippen LogP contribution in [0.4, 0.5) is 16.2 Å². The highest BCUT2D eigenvalue weighted by Crippen LogP contribution is 2.22. The Morgan fingerprint density at radius 3 is 2.50 bits per heavy atom. The van der Waals surface area contributed by atoms with E-state index in [4.69, 9.17) is 5.11 Å². The van der Waals surface area contributed by atoms with Crippen LogP contribution in [0.5, 0.6) is 0 Å². The van der Waals surface area contributed by atoms with E-state index < -0.39 is 6.09 Å². The maximum absolute atomic E-state index is 10.5. The number of anilines is 1. The first-order valence-electron chi connectivity index (χ1n) is 5.93. The molecule has 2 aromatic carbocycles. The summed E-state index contributed by atoms with van der Waals surface area (Å²) in [5.41, 5.74) is 3.01. The van der Waals surface area contributed by atoms with E-state index >= 15 is 0 Å². The molecule has 0 saturated carbocycles. The van der Waals surface area contributed by atoms with Gasteiger partial charge in [0, 0.05) is 5.69 Å². The van der Waals surface area contributed by atoms with Crippen molar-refractivity contribution in [3.05, 3.63) is 59.7 Å². The molecule has 1 amide bonds. The number of nitrogens with zero attached hydrogens (tertiary/aromatic N) is 1. The van der Waals surface area contributed by atoms with E-state index in [1.807, 2.05) is 24.3 Å². The molecule has 2 N–H and O–H groups in total. The molecule has 0 spiro atoms. The van der Waals surface area contributed by atoms with Crippen LogP contribution in [0.2, 0.25) is 0 Å². The van der Waals surface area contributed by atoms with E-state index in [1.54, 1.807) is 30.3 Å². The Labute approximate surface area is 115 Å². The number of carbonyl (C=O) groups excluding carboxylic acids is 1. The second-order valence-electron chi connectivity index (χ2n) is 4.14. The van der Waals surface area contributed by atoms with Gasteiger partial charge in [-0.25, -0.2) is 9.59 Å². The molecule has 0 bridgehead atoms. The fourth-order valence-electron chi connectivity index (χ4n) is 1.87. The Morgan fingerprint density at radius 1 is 1.15 bits per heavy atom. The van der Waals surface area contributed by atoms with E-state index in [0.717, 1.165) is 11.1 Å². The van der Waals surface area contributed by atoms with Crippen LogP contribution in [0.3, 0.4) is 0 Å². The Balaban J connectivity index is 2.18. The Bertz CT molecular complexity index is 659. The highest BCUT2D eigenvalue weighted by Gasteiger charge is 2.03. The molecule has 0 aliphatic heterocycles. The molecular formula is C15H12N2O3. The Morgan fingerprint density at radius 2 is 1.85 bits per heavy atom. The number of aliphatic imine (C=N–C) groups is 1. The van der Waals surface area contributed by atoms with Gasteiger partial charge in [-0.3, -0.25) is 5.32 Å². The van der Waals surface area contributed by atoms with Gasteiger partial charge in [-0.2, -0.15) is 4.99 Å². The quantitative estimate of drug-likeness (QED) is 0.659. The van der Waals surface area contributed by atoms with Crippen LogP contribution in [0.15, 0.2) is 53.5 Å². The average molecular weight is 268 g/mol. The normalized spacial score (nSPS) is 9.60. The number of rotatable bonds is 4. The van der Waals surface area contributed by atoms with Crippen molar-refractivity contribution in [3.63, 3.8) is 0 Å². The zero-order chi connectivity index (χ0) is 14.4. The summed E-state index contributed by atoms with van der Waals surface area (Å²) in [4.78, 5) is 24.5. The molecule has 0 fully saturated rings. The van der Waals surface area contributed by atoms with E-state index in [1.165, 1.54) is 0 Å². The van der Waals surface area contributed by atoms with Gasteiger partial charge < -0.3 is 5.11 Å². The minimum absolute atomic E-state index is 0.514. The first-order chi connectivity index (χ1) is 9.69. The topological polar surface area (TPSA) is 78.8 Å². The molecule has 0 unspecified atom stereocenters. The molecular weight excluding hydrogens is 256 g/mol. The molecule has 5 nitrogen and oxygen atoms in total. The summed E-state index contributed by atoms with van der Waals surface area (Å²) in [6.07, 6.45) is 1.05. The van der Waals surface area contributed by atoms with Crippen molar-refractivity contribution in [2.75, 3.05) is 5.32 Å². The Hall–Kier alpha value is -2.91. The molecule has 0 aliphatic rings. The van der Waals surface area contributed by atoms with Crippen molar-refractivity contribution >= 4 is 23.5 Å². The van der Waals surface area contributed by atoms with Crippen molar-refractivity contribution < 1.29 is 14.7 Å². The van der Waals surface area contributed by atoms with Crippen LogP contribution in [0, 0.1) is 0 Å². The number of para-hydroxylation sites is 1. The first kappa shape index (κ1) is 13.5. The van der Waals surface area contributed by atoms with Crippen LogP contribution in [0.1, 0.15) is 11.1 Å². The van der Waals surface area contributed by atoms with Gasteiger partial charge in [-0.15, -0.1) is 0 Å². The van der Waals surface area contributed by atoms with Crippen molar-refractivity contribution in [2.45, 2.75) is 6.42 Å². The number of nitrogens with one attached hydrogen (secondary N) is 1. The van der Waals surface area contributed by atoms with Gasteiger partial charge in [-0.05, 0) is 35.7 Å². The molecule has 100 valence electrons. The van der Waals surface area contributed by atoms with Crippen LogP contribution in [0.25, 0.3) is 0 Å². The third-order valence-electron chi connectivity index (χ3n) is 2.76. The van der Waals surface area contributed by atoms with Gasteiger partial charge in [0.1, 0.15) is 0 Å². The summed E-state index contributed by atoms with van der Waals surface area (Å²) in [6.45, 7) is 0. The van der Waals surface area contributed by atoms with Crippen LogP contribution in [-0.4, -0.2) is 17.3 Å². The highest BCUT2D eigenvalue weighted by atomic mass is 16.4. The number of isocyanates is 1. The summed E-state index contributed by atoms with van der Waals surface area (Å²) >= 11 is 0. The molecule has 0 aromatic heterocycles. The maximum atomic E-state index is 10.5. The number of benzene rings is 2. The highest BCUT2D eigenvalue weighted by molar-refractivity contribution is 5.82. The monoisotopic (exact) mass is 268 g/mol. The number of amides is 1. The third-order valence-corrected chi connectivity index (χ3v) is 2.76. The fraction of sp³-hybridized carbons (Fsp3) is 0.0667. The van der Waals surface area contributed by atoms with Gasteiger partial charge in [0.15, 0.2) is 0 Å². The molecule has 2 rings (SSSR count). The zero-order valence-corrected chi connectivity index (χ0v) is 10.5. The standard InChI is InChI=1S/C15H12N2O3/c18-10-16-14-4-2-1-3-12(14)9-11-5-7-13(8-6-11)17-15(19)20/h1-8,17H,9H2,(H,19,20). The molecule has 20 heavy (non-hydrogen) atoms. The summed E-state index contributed by atoms with van der Waals surface area (Å²) in [7, 11) is 0. The van der Waals surface area contributed by atoms with Crippen molar-refractivity contribution in [1.82, 2.24) is 0 Å². The number of hydrogen-bond donors (Lipinski definition) is 2. The molecule has 0 saturated heterocycles. The summed E-state index contributed by atoms with van der Waals surface area (Å²) in [5.74, 6) is 0. The van der Waals surface area contributed by atoms with E-state index in [-0.39, 0.29) is 0 Å². The minimum Gasteiger partial charge on any atom is -0.465 e. The lowest BCUT2D eigenvalue weighted by Gasteiger charge is -2.06. The first-order valence-corrected chi connectivity index (χ1v) is 5.93. The average Bonchev–Trinajstić information content (AvgIpc) is 2.43. The number of hydrogen-bond acceptors (Lipinski definition) is 3. The van der Waals surface area contributed by atoms with Crippen molar-refractivity contribution in [3.8, 4) is 0 Å². The lowest BCUT2D eigenvalue weighted by atomic mass is 10.0. The van der Waals surface area contributed by atoms with Crippen LogP contribution >= 0.6 is 0 Å². The van der Waals surface area contributed by atoms with Crippen LogP contribution in [-0.2, 0) is 11.2 Å². The van der Waals surface area contributed by atoms with E-state index in [0.29, 0.717) is 17.8 Å². The molecule has 0 aliphatic carbocycles. The van der Waals surface area contributed by atoms with Gasteiger partial charge in [-0.1, -0.05) is 30.3 Å². The molecule has 0 atom stereocenters. The minimum atomic E-state index is -1.09. The Kier molecular flexibility index (Phi) is 4.27. The molecule has 2 aromatic rings. The summed E-state index contributed by atoms with van der Waals surface area (Å²) in [5, 5.41) is 10.9. The number of carboxylic acid groups (broad SMARTS) is 1. The number of carbonyl (C=O) groups is 1. The second kappa shape index (κ2) is 6.31.